The first-order valence-electron chi connectivity index (χ1n) is 6.03. The number of hydrogen-bond acceptors (Lipinski definition) is 3. The van der Waals surface area contributed by atoms with Gasteiger partial charge >= 0.3 is 6.09 Å². The number of ether oxygens (including phenoxy) is 1. The van der Waals surface area contributed by atoms with E-state index in [1.165, 1.54) is 0 Å². The van der Waals surface area contributed by atoms with Crippen LogP contribution in [0.3, 0.4) is 0 Å². The van der Waals surface area contributed by atoms with Crippen molar-refractivity contribution in [3.63, 3.8) is 0 Å². The summed E-state index contributed by atoms with van der Waals surface area (Å²) in [6.07, 6.45) is 1.77. The largest absolute Gasteiger partial charge is 0.444 e. The molecule has 0 radical (unpaired) electrons. The summed E-state index contributed by atoms with van der Waals surface area (Å²) >= 11 is 0. The second-order valence-corrected chi connectivity index (χ2v) is 5.66. The fraction of sp³-hybridized carbons (Fsp3) is 0.917. The molecule has 102 valence electrons. The van der Waals surface area contributed by atoms with Gasteiger partial charge in [-0.1, -0.05) is 0 Å². The van der Waals surface area contributed by atoms with Crippen LogP contribution in [-0.2, 0) is 4.74 Å². The van der Waals surface area contributed by atoms with Crippen LogP contribution in [0, 0.1) is 5.92 Å². The Bertz CT molecular complexity index is 243. The van der Waals surface area contributed by atoms with Crippen molar-refractivity contribution in [3.05, 3.63) is 0 Å². The van der Waals surface area contributed by atoms with Crippen LogP contribution >= 0.6 is 12.4 Å². The number of nitrogens with zero attached hydrogens (tertiary/aromatic N) is 1. The first-order valence-corrected chi connectivity index (χ1v) is 6.03. The SMILES string of the molecule is C[C@H](N)C1CCN(C(=O)OC(C)(C)C)CC1.Cl. The van der Waals surface area contributed by atoms with Gasteiger partial charge in [-0.05, 0) is 46.5 Å². The number of rotatable bonds is 1. The molecule has 17 heavy (non-hydrogen) atoms. The molecule has 0 spiro atoms. The number of halogens is 1. The van der Waals surface area contributed by atoms with Gasteiger partial charge in [-0.25, -0.2) is 4.79 Å². The van der Waals surface area contributed by atoms with Gasteiger partial charge in [0.15, 0.2) is 0 Å². The average molecular weight is 265 g/mol. The second kappa shape index (κ2) is 6.45. The van der Waals surface area contributed by atoms with Crippen molar-refractivity contribution < 1.29 is 9.53 Å². The van der Waals surface area contributed by atoms with Gasteiger partial charge in [-0.15, -0.1) is 12.4 Å². The van der Waals surface area contributed by atoms with E-state index in [0.717, 1.165) is 25.9 Å². The van der Waals surface area contributed by atoms with E-state index in [1.54, 1.807) is 4.90 Å². The van der Waals surface area contributed by atoms with E-state index in [4.69, 9.17) is 10.5 Å². The van der Waals surface area contributed by atoms with E-state index < -0.39 is 5.60 Å². The summed E-state index contributed by atoms with van der Waals surface area (Å²) in [7, 11) is 0. The van der Waals surface area contributed by atoms with Gasteiger partial charge in [-0.2, -0.15) is 0 Å². The van der Waals surface area contributed by atoms with Crippen molar-refractivity contribution in [1.82, 2.24) is 4.90 Å². The Morgan fingerprint density at radius 1 is 1.35 bits per heavy atom. The van der Waals surface area contributed by atoms with Gasteiger partial charge in [0.2, 0.25) is 0 Å². The van der Waals surface area contributed by atoms with Crippen LogP contribution in [-0.4, -0.2) is 35.7 Å². The molecule has 0 aliphatic carbocycles. The lowest BCUT2D eigenvalue weighted by molar-refractivity contribution is 0.0176. The van der Waals surface area contributed by atoms with Crippen molar-refractivity contribution in [2.45, 2.75) is 52.2 Å². The zero-order valence-corrected chi connectivity index (χ0v) is 12.0. The molecule has 1 aliphatic heterocycles. The Kier molecular flexibility index (Phi) is 6.27. The van der Waals surface area contributed by atoms with E-state index in [0.29, 0.717) is 5.92 Å². The highest BCUT2D eigenvalue weighted by Gasteiger charge is 2.27. The van der Waals surface area contributed by atoms with Crippen molar-refractivity contribution >= 4 is 18.5 Å². The van der Waals surface area contributed by atoms with Crippen LogP contribution in [0.25, 0.3) is 0 Å². The lowest BCUT2D eigenvalue weighted by Crippen LogP contribution is -2.44. The fourth-order valence-corrected chi connectivity index (χ4v) is 1.93. The zero-order valence-electron chi connectivity index (χ0n) is 11.2. The molecular formula is C12H25ClN2O2. The molecule has 1 saturated heterocycles. The van der Waals surface area contributed by atoms with Gasteiger partial charge in [-0.3, -0.25) is 0 Å². The molecule has 1 heterocycles. The Hall–Kier alpha value is -0.480. The molecule has 1 amide bonds. The summed E-state index contributed by atoms with van der Waals surface area (Å²) in [5.41, 5.74) is 5.45. The molecule has 0 aromatic heterocycles. The lowest BCUT2D eigenvalue weighted by atomic mass is 9.91. The molecule has 1 atom stereocenters. The van der Waals surface area contributed by atoms with Crippen molar-refractivity contribution in [2.24, 2.45) is 11.7 Å². The summed E-state index contributed by atoms with van der Waals surface area (Å²) in [6, 6.07) is 0.223. The molecule has 2 N–H and O–H groups in total. The number of piperidine rings is 1. The standard InChI is InChI=1S/C12H24N2O2.ClH/c1-9(13)10-5-7-14(8-6-10)11(15)16-12(2,3)4;/h9-10H,5-8,13H2,1-4H3;1H/t9-;/m0./s1. The monoisotopic (exact) mass is 264 g/mol. The summed E-state index contributed by atoms with van der Waals surface area (Å²) in [5, 5.41) is 0. The van der Waals surface area contributed by atoms with E-state index in [-0.39, 0.29) is 24.5 Å². The van der Waals surface area contributed by atoms with Crippen LogP contribution in [0.2, 0.25) is 0 Å². The molecule has 0 unspecified atom stereocenters. The Balaban J connectivity index is 0.00000256. The van der Waals surface area contributed by atoms with Crippen LogP contribution < -0.4 is 5.73 Å². The number of hydrogen-bond donors (Lipinski definition) is 1. The van der Waals surface area contributed by atoms with Crippen LogP contribution in [0.4, 0.5) is 4.79 Å². The van der Waals surface area contributed by atoms with Gasteiger partial charge in [0.05, 0.1) is 0 Å². The molecule has 5 heteroatoms. The van der Waals surface area contributed by atoms with Crippen molar-refractivity contribution in [2.75, 3.05) is 13.1 Å². The quantitative estimate of drug-likeness (QED) is 0.791. The predicted octanol–water partition coefficient (Wildman–Crippen LogP) is 2.40. The molecule has 0 aromatic carbocycles. The van der Waals surface area contributed by atoms with Gasteiger partial charge in [0.1, 0.15) is 5.60 Å². The first kappa shape index (κ1) is 16.5. The van der Waals surface area contributed by atoms with E-state index >= 15 is 0 Å². The minimum absolute atomic E-state index is 0. The number of carbonyl (C=O) groups excluding carboxylic acids is 1. The van der Waals surface area contributed by atoms with Crippen LogP contribution in [0.5, 0.6) is 0 Å². The molecule has 0 saturated carbocycles. The molecule has 1 fully saturated rings. The maximum absolute atomic E-state index is 11.8. The Morgan fingerprint density at radius 3 is 2.18 bits per heavy atom. The van der Waals surface area contributed by atoms with Crippen LogP contribution in [0.1, 0.15) is 40.5 Å². The third-order valence-electron chi connectivity index (χ3n) is 2.93. The maximum Gasteiger partial charge on any atom is 0.410 e. The number of nitrogens with two attached hydrogens (primary N) is 1. The second-order valence-electron chi connectivity index (χ2n) is 5.66. The Labute approximate surface area is 110 Å². The zero-order chi connectivity index (χ0) is 12.3. The molecule has 0 bridgehead atoms. The normalized spacial score (nSPS) is 19.5. The highest BCUT2D eigenvalue weighted by atomic mass is 35.5. The minimum Gasteiger partial charge on any atom is -0.444 e. The third kappa shape index (κ3) is 5.59. The highest BCUT2D eigenvalue weighted by molar-refractivity contribution is 5.85. The number of carbonyl (C=O) groups is 1. The average Bonchev–Trinajstić information content (AvgIpc) is 2.15. The van der Waals surface area contributed by atoms with Gasteiger partial charge < -0.3 is 15.4 Å². The van der Waals surface area contributed by atoms with E-state index in [1.807, 2.05) is 27.7 Å². The summed E-state index contributed by atoms with van der Waals surface area (Å²) in [5.74, 6) is 0.540. The molecular weight excluding hydrogens is 240 g/mol. The van der Waals surface area contributed by atoms with Gasteiger partial charge in [0.25, 0.3) is 0 Å². The highest BCUT2D eigenvalue weighted by Crippen LogP contribution is 2.21. The fourth-order valence-electron chi connectivity index (χ4n) is 1.93. The third-order valence-corrected chi connectivity index (χ3v) is 2.93. The number of amides is 1. The van der Waals surface area contributed by atoms with E-state index in [2.05, 4.69) is 0 Å². The van der Waals surface area contributed by atoms with Crippen LogP contribution in [0.15, 0.2) is 0 Å². The molecule has 0 aromatic rings. The van der Waals surface area contributed by atoms with E-state index in [9.17, 15) is 4.79 Å². The maximum atomic E-state index is 11.8. The lowest BCUT2D eigenvalue weighted by Gasteiger charge is -2.34. The molecule has 1 rings (SSSR count). The van der Waals surface area contributed by atoms with Gasteiger partial charge in [0, 0.05) is 19.1 Å². The molecule has 1 aliphatic rings. The molecule has 4 nitrogen and oxygen atoms in total. The number of likely N-dealkylation sites (tertiary alicyclic amines) is 1. The predicted molar refractivity (Wildman–Crippen MR) is 71.4 cm³/mol. The summed E-state index contributed by atoms with van der Waals surface area (Å²) in [4.78, 5) is 13.5. The van der Waals surface area contributed by atoms with Crippen molar-refractivity contribution in [3.8, 4) is 0 Å². The summed E-state index contributed by atoms with van der Waals surface area (Å²) < 4.78 is 5.33. The van der Waals surface area contributed by atoms with Crippen molar-refractivity contribution in [1.29, 1.82) is 0 Å². The minimum atomic E-state index is -0.408. The first-order chi connectivity index (χ1) is 7.29. The smallest absolute Gasteiger partial charge is 0.410 e. The summed E-state index contributed by atoms with van der Waals surface area (Å²) in [6.45, 7) is 9.23. The topological polar surface area (TPSA) is 55.6 Å². The Morgan fingerprint density at radius 2 is 1.82 bits per heavy atom.